The van der Waals surface area contributed by atoms with E-state index in [4.69, 9.17) is 11.6 Å². The van der Waals surface area contributed by atoms with Crippen LogP contribution < -0.4 is 10.6 Å². The third kappa shape index (κ3) is 5.65. The number of rotatable bonds is 6. The lowest BCUT2D eigenvalue weighted by molar-refractivity contribution is -0.129. The molecule has 32 heavy (non-hydrogen) atoms. The van der Waals surface area contributed by atoms with Crippen molar-refractivity contribution in [3.8, 4) is 0 Å². The van der Waals surface area contributed by atoms with Crippen LogP contribution in [0.1, 0.15) is 25.3 Å². The van der Waals surface area contributed by atoms with Crippen molar-refractivity contribution in [1.82, 2.24) is 9.62 Å². The van der Waals surface area contributed by atoms with E-state index in [0.29, 0.717) is 18.5 Å². The number of anilines is 1. The quantitative estimate of drug-likeness (QED) is 0.661. The van der Waals surface area contributed by atoms with Gasteiger partial charge >= 0.3 is 0 Å². The van der Waals surface area contributed by atoms with E-state index < -0.39 is 33.7 Å². The smallest absolute Gasteiger partial charge is 0.246 e. The minimum atomic E-state index is -3.61. The summed E-state index contributed by atoms with van der Waals surface area (Å²) in [5, 5.41) is 5.12. The molecule has 1 saturated heterocycles. The zero-order chi connectivity index (χ0) is 23.5. The summed E-state index contributed by atoms with van der Waals surface area (Å²) in [5.74, 6) is -1.77. The summed E-state index contributed by atoms with van der Waals surface area (Å²) in [7, 11) is -3.61. The third-order valence-electron chi connectivity index (χ3n) is 5.42. The maximum absolute atomic E-state index is 13.2. The average molecular weight is 482 g/mol. The van der Waals surface area contributed by atoms with E-state index in [9.17, 15) is 22.4 Å². The van der Waals surface area contributed by atoms with Crippen molar-refractivity contribution in [2.75, 3.05) is 18.4 Å². The Morgan fingerprint density at radius 3 is 2.34 bits per heavy atom. The fourth-order valence-electron chi connectivity index (χ4n) is 3.44. The van der Waals surface area contributed by atoms with Gasteiger partial charge in [-0.2, -0.15) is 4.31 Å². The third-order valence-corrected chi connectivity index (χ3v) is 7.63. The predicted octanol–water partition coefficient (Wildman–Crippen LogP) is 3.33. The number of piperidine rings is 1. The van der Waals surface area contributed by atoms with E-state index in [-0.39, 0.29) is 28.9 Å². The standard InChI is InChI=1S/C22H25ClFN3O4S/c1-14-3-6-18(7-4-14)32(30,31)27-11-9-16(10-12-27)22(29)25-15(2)21(28)26-17-5-8-20(24)19(23)13-17/h3-8,13,15-16H,9-12H2,1-2H3,(H,25,29)(H,26,28)/t15-/m0/s1. The number of amides is 2. The van der Waals surface area contributed by atoms with Gasteiger partial charge in [-0.15, -0.1) is 0 Å². The molecule has 0 radical (unpaired) electrons. The number of carbonyl (C=O) groups excluding carboxylic acids is 2. The molecule has 10 heteroatoms. The van der Waals surface area contributed by atoms with Gasteiger partial charge < -0.3 is 10.6 Å². The fraction of sp³-hybridized carbons (Fsp3) is 0.364. The average Bonchev–Trinajstić information content (AvgIpc) is 2.76. The number of hydrogen-bond acceptors (Lipinski definition) is 4. The first-order valence-corrected chi connectivity index (χ1v) is 12.0. The zero-order valence-corrected chi connectivity index (χ0v) is 19.3. The molecule has 0 saturated carbocycles. The van der Waals surface area contributed by atoms with Crippen LogP contribution in [0, 0.1) is 18.7 Å². The summed E-state index contributed by atoms with van der Waals surface area (Å²) in [6, 6.07) is 9.63. The number of carbonyl (C=O) groups is 2. The number of halogens is 2. The van der Waals surface area contributed by atoms with Gasteiger partial charge in [-0.25, -0.2) is 12.8 Å². The zero-order valence-electron chi connectivity index (χ0n) is 17.8. The summed E-state index contributed by atoms with van der Waals surface area (Å²) < 4.78 is 40.2. The van der Waals surface area contributed by atoms with E-state index in [1.54, 1.807) is 24.3 Å². The molecule has 1 atom stereocenters. The molecule has 0 bridgehead atoms. The van der Waals surface area contributed by atoms with Crippen LogP contribution in [0.3, 0.4) is 0 Å². The van der Waals surface area contributed by atoms with Gasteiger partial charge in [-0.05, 0) is 57.0 Å². The van der Waals surface area contributed by atoms with Gasteiger partial charge in [-0.1, -0.05) is 29.3 Å². The molecule has 1 aliphatic rings. The summed E-state index contributed by atoms with van der Waals surface area (Å²) in [5.41, 5.74) is 1.29. The Morgan fingerprint density at radius 1 is 1.12 bits per heavy atom. The predicted molar refractivity (Wildman–Crippen MR) is 120 cm³/mol. The summed E-state index contributed by atoms with van der Waals surface area (Å²) in [4.78, 5) is 25.2. The van der Waals surface area contributed by atoms with E-state index in [2.05, 4.69) is 10.6 Å². The van der Waals surface area contributed by atoms with Crippen molar-refractivity contribution < 1.29 is 22.4 Å². The first kappa shape index (κ1) is 24.2. The molecule has 1 heterocycles. The second-order valence-corrected chi connectivity index (χ2v) is 10.2. The number of aryl methyl sites for hydroxylation is 1. The molecular weight excluding hydrogens is 457 g/mol. The Hall–Kier alpha value is -2.49. The SMILES string of the molecule is Cc1ccc(S(=O)(=O)N2CCC(C(=O)N[C@@H](C)C(=O)Nc3ccc(F)c(Cl)c3)CC2)cc1. The first-order chi connectivity index (χ1) is 15.1. The van der Waals surface area contributed by atoms with Crippen LogP contribution in [0.15, 0.2) is 47.4 Å². The topological polar surface area (TPSA) is 95.6 Å². The normalized spacial score (nSPS) is 16.4. The monoisotopic (exact) mass is 481 g/mol. The molecule has 0 aromatic heterocycles. The Labute approximate surface area is 192 Å². The van der Waals surface area contributed by atoms with Gasteiger partial charge in [0.15, 0.2) is 0 Å². The number of benzene rings is 2. The lowest BCUT2D eigenvalue weighted by Gasteiger charge is -2.31. The largest absolute Gasteiger partial charge is 0.344 e. The molecule has 2 N–H and O–H groups in total. The number of sulfonamides is 1. The second kappa shape index (κ2) is 9.97. The van der Waals surface area contributed by atoms with Crippen LogP contribution in [0.2, 0.25) is 5.02 Å². The number of nitrogens with one attached hydrogen (secondary N) is 2. The van der Waals surface area contributed by atoms with Crippen LogP contribution in [0.5, 0.6) is 0 Å². The number of nitrogens with zero attached hydrogens (tertiary/aromatic N) is 1. The Kier molecular flexibility index (Phi) is 7.53. The molecule has 3 rings (SSSR count). The lowest BCUT2D eigenvalue weighted by atomic mass is 9.97. The van der Waals surface area contributed by atoms with Crippen LogP contribution in [-0.2, 0) is 19.6 Å². The fourth-order valence-corrected chi connectivity index (χ4v) is 5.09. The first-order valence-electron chi connectivity index (χ1n) is 10.2. The second-order valence-electron chi connectivity index (χ2n) is 7.84. The molecule has 172 valence electrons. The highest BCUT2D eigenvalue weighted by Crippen LogP contribution is 2.24. The summed E-state index contributed by atoms with van der Waals surface area (Å²) in [6.45, 7) is 3.87. The van der Waals surface area contributed by atoms with Gasteiger partial charge in [0.05, 0.1) is 9.92 Å². The van der Waals surface area contributed by atoms with Gasteiger partial charge in [0.2, 0.25) is 21.8 Å². The molecule has 0 spiro atoms. The summed E-state index contributed by atoms with van der Waals surface area (Å²) in [6.07, 6.45) is 0.720. The van der Waals surface area contributed by atoms with E-state index in [0.717, 1.165) is 11.6 Å². The number of hydrogen-bond donors (Lipinski definition) is 2. The van der Waals surface area contributed by atoms with Crippen molar-refractivity contribution in [1.29, 1.82) is 0 Å². The van der Waals surface area contributed by atoms with Crippen molar-refractivity contribution in [2.45, 2.75) is 37.6 Å². The summed E-state index contributed by atoms with van der Waals surface area (Å²) >= 11 is 5.71. The van der Waals surface area contributed by atoms with E-state index >= 15 is 0 Å². The minimum absolute atomic E-state index is 0.119. The Balaban J connectivity index is 1.53. The lowest BCUT2D eigenvalue weighted by Crippen LogP contribution is -2.47. The minimum Gasteiger partial charge on any atom is -0.344 e. The molecule has 2 amide bonds. The molecule has 2 aromatic carbocycles. The van der Waals surface area contributed by atoms with Crippen LogP contribution in [0.25, 0.3) is 0 Å². The van der Waals surface area contributed by atoms with Crippen molar-refractivity contribution >= 4 is 39.1 Å². The van der Waals surface area contributed by atoms with Gasteiger partial charge in [-0.3, -0.25) is 9.59 Å². The highest BCUT2D eigenvalue weighted by Gasteiger charge is 2.32. The molecule has 0 unspecified atom stereocenters. The van der Waals surface area contributed by atoms with Crippen LogP contribution >= 0.6 is 11.6 Å². The van der Waals surface area contributed by atoms with Gasteiger partial charge in [0.25, 0.3) is 0 Å². The molecule has 7 nitrogen and oxygen atoms in total. The van der Waals surface area contributed by atoms with Gasteiger partial charge in [0, 0.05) is 24.7 Å². The highest BCUT2D eigenvalue weighted by molar-refractivity contribution is 7.89. The molecule has 1 aliphatic heterocycles. The van der Waals surface area contributed by atoms with Crippen LogP contribution in [0.4, 0.5) is 10.1 Å². The molecule has 1 fully saturated rings. The molecular formula is C22H25ClFN3O4S. The Bertz CT molecular complexity index is 1100. The van der Waals surface area contributed by atoms with Crippen molar-refractivity contribution in [3.05, 3.63) is 58.9 Å². The maximum atomic E-state index is 13.2. The maximum Gasteiger partial charge on any atom is 0.246 e. The van der Waals surface area contributed by atoms with Crippen molar-refractivity contribution in [2.24, 2.45) is 5.92 Å². The Morgan fingerprint density at radius 2 is 1.75 bits per heavy atom. The molecule has 2 aromatic rings. The van der Waals surface area contributed by atoms with Crippen molar-refractivity contribution in [3.63, 3.8) is 0 Å². The van der Waals surface area contributed by atoms with Crippen LogP contribution in [-0.4, -0.2) is 43.7 Å². The molecule has 0 aliphatic carbocycles. The van der Waals surface area contributed by atoms with E-state index in [1.165, 1.54) is 23.4 Å². The van der Waals surface area contributed by atoms with Gasteiger partial charge in [0.1, 0.15) is 11.9 Å². The van der Waals surface area contributed by atoms with E-state index in [1.807, 2.05) is 6.92 Å². The highest BCUT2D eigenvalue weighted by atomic mass is 35.5.